The number of nitrogens with one attached hydrogen (secondary N) is 1. The lowest BCUT2D eigenvalue weighted by Crippen LogP contribution is -2.48. The number of rotatable bonds is 10. The van der Waals surface area contributed by atoms with Crippen LogP contribution in [0.1, 0.15) is 44.0 Å². The van der Waals surface area contributed by atoms with Crippen molar-refractivity contribution >= 4 is 34.2 Å². The average Bonchev–Trinajstić information content (AvgIpc) is 3.35. The topological polar surface area (TPSA) is 114 Å². The van der Waals surface area contributed by atoms with Crippen molar-refractivity contribution < 1.29 is 28.4 Å². The fourth-order valence-electron chi connectivity index (χ4n) is 3.64. The van der Waals surface area contributed by atoms with Crippen molar-refractivity contribution in [1.82, 2.24) is 15.0 Å². The van der Waals surface area contributed by atoms with Gasteiger partial charge >= 0.3 is 11.9 Å². The van der Waals surface area contributed by atoms with E-state index in [1.807, 2.05) is 17.9 Å². The summed E-state index contributed by atoms with van der Waals surface area (Å²) in [5.74, 6) is -0.648. The van der Waals surface area contributed by atoms with E-state index in [-0.39, 0.29) is 41.1 Å². The smallest absolute Gasteiger partial charge is 0.348 e. The maximum atomic E-state index is 12.8. The van der Waals surface area contributed by atoms with Crippen LogP contribution in [0.15, 0.2) is 23.2 Å². The molecule has 1 aliphatic rings. The van der Waals surface area contributed by atoms with Crippen molar-refractivity contribution in [1.29, 1.82) is 0 Å². The molecule has 0 unspecified atom stereocenters. The highest BCUT2D eigenvalue weighted by Gasteiger charge is 2.28. The quantitative estimate of drug-likeness (QED) is 0.396. The number of carbonyl (C=O) groups is 3. The molecule has 34 heavy (non-hydrogen) atoms. The van der Waals surface area contributed by atoms with Gasteiger partial charge in [-0.15, -0.1) is 11.3 Å². The molecule has 0 atom stereocenters. The summed E-state index contributed by atoms with van der Waals surface area (Å²) in [5.41, 5.74) is 1.49. The van der Waals surface area contributed by atoms with E-state index in [1.54, 1.807) is 13.8 Å². The van der Waals surface area contributed by atoms with Crippen LogP contribution in [0.3, 0.4) is 0 Å². The number of hydrogen-bond donors (Lipinski definition) is 1. The van der Waals surface area contributed by atoms with E-state index in [4.69, 9.17) is 14.0 Å². The molecule has 11 heteroatoms. The summed E-state index contributed by atoms with van der Waals surface area (Å²) in [6.45, 7) is 12.9. The van der Waals surface area contributed by atoms with Gasteiger partial charge < -0.3 is 19.3 Å². The number of hydrogen-bond acceptors (Lipinski definition) is 10. The maximum Gasteiger partial charge on any atom is 0.348 e. The molecule has 1 N–H and O–H groups in total. The van der Waals surface area contributed by atoms with Crippen LogP contribution in [-0.4, -0.2) is 78.7 Å². The third-order valence-corrected chi connectivity index (χ3v) is 6.48. The monoisotopic (exact) mass is 490 g/mol. The number of carbonyl (C=O) groups excluding carboxylic acids is 3. The van der Waals surface area contributed by atoms with Gasteiger partial charge in [0.05, 0.1) is 24.4 Å². The molecule has 1 amide bonds. The Bertz CT molecular complexity index is 1040. The van der Waals surface area contributed by atoms with Crippen LogP contribution in [0.25, 0.3) is 0 Å². The predicted molar refractivity (Wildman–Crippen MR) is 127 cm³/mol. The van der Waals surface area contributed by atoms with Crippen LogP contribution in [-0.2, 0) is 20.8 Å². The Hall–Kier alpha value is -3.02. The Morgan fingerprint density at radius 1 is 1.18 bits per heavy atom. The largest absolute Gasteiger partial charge is 0.462 e. The third-order valence-electron chi connectivity index (χ3n) is 5.29. The zero-order valence-electron chi connectivity index (χ0n) is 19.7. The van der Waals surface area contributed by atoms with Gasteiger partial charge in [-0.25, -0.2) is 9.59 Å². The molecule has 3 rings (SSSR count). The van der Waals surface area contributed by atoms with E-state index in [0.29, 0.717) is 12.1 Å². The minimum Gasteiger partial charge on any atom is -0.462 e. The second-order valence-electron chi connectivity index (χ2n) is 7.90. The molecule has 0 spiro atoms. The molecule has 10 nitrogen and oxygen atoms in total. The van der Waals surface area contributed by atoms with E-state index < -0.39 is 11.9 Å². The first-order valence-corrected chi connectivity index (χ1v) is 11.9. The van der Waals surface area contributed by atoms with E-state index in [9.17, 15) is 14.4 Å². The molecule has 1 aliphatic heterocycles. The molecule has 0 bridgehead atoms. The first-order valence-electron chi connectivity index (χ1n) is 11.1. The Kier molecular flexibility index (Phi) is 8.97. The fraction of sp³-hybridized carbons (Fsp3) is 0.478. The number of amides is 1. The van der Waals surface area contributed by atoms with Gasteiger partial charge in [-0.3, -0.25) is 14.6 Å². The minimum absolute atomic E-state index is 0.0504. The summed E-state index contributed by atoms with van der Waals surface area (Å²) in [6, 6.07) is 1.92. The number of piperazine rings is 1. The van der Waals surface area contributed by atoms with Crippen molar-refractivity contribution in [2.24, 2.45) is 0 Å². The molecular formula is C23H30N4O6S. The molecule has 0 aliphatic carbocycles. The Morgan fingerprint density at radius 2 is 1.88 bits per heavy atom. The van der Waals surface area contributed by atoms with Crippen molar-refractivity contribution in [2.75, 3.05) is 51.3 Å². The standard InChI is InChI=1S/C23H30N4O6S/c1-5-11-32-23(30)20-16(4)19(22(29)31-6-2)21(34-20)24-18(28)14-27-9-7-26(8-10-27)13-17-12-15(3)33-25-17/h5,12H,1,6-11,13-14H2,2-4H3,(H,24,28). The summed E-state index contributed by atoms with van der Waals surface area (Å²) in [5, 5.41) is 7.11. The van der Waals surface area contributed by atoms with Crippen LogP contribution >= 0.6 is 11.3 Å². The fourth-order valence-corrected chi connectivity index (χ4v) is 4.75. The number of aryl methyl sites for hydroxylation is 1. The molecular weight excluding hydrogens is 460 g/mol. The van der Waals surface area contributed by atoms with Crippen LogP contribution < -0.4 is 5.32 Å². The van der Waals surface area contributed by atoms with Gasteiger partial charge in [0.15, 0.2) is 0 Å². The summed E-state index contributed by atoms with van der Waals surface area (Å²) in [4.78, 5) is 42.3. The van der Waals surface area contributed by atoms with E-state index in [2.05, 4.69) is 22.0 Å². The van der Waals surface area contributed by atoms with Gasteiger partial charge in [0.25, 0.3) is 0 Å². The van der Waals surface area contributed by atoms with Crippen molar-refractivity contribution in [2.45, 2.75) is 27.3 Å². The van der Waals surface area contributed by atoms with Gasteiger partial charge in [-0.05, 0) is 26.3 Å². The van der Waals surface area contributed by atoms with E-state index in [0.717, 1.165) is 49.0 Å². The Balaban J connectivity index is 1.61. The number of anilines is 1. The van der Waals surface area contributed by atoms with E-state index in [1.165, 1.54) is 6.08 Å². The van der Waals surface area contributed by atoms with Crippen LogP contribution in [0.4, 0.5) is 5.00 Å². The second-order valence-corrected chi connectivity index (χ2v) is 8.92. The average molecular weight is 491 g/mol. The summed E-state index contributed by atoms with van der Waals surface area (Å²) < 4.78 is 15.4. The molecule has 184 valence electrons. The summed E-state index contributed by atoms with van der Waals surface area (Å²) in [7, 11) is 0. The highest BCUT2D eigenvalue weighted by atomic mass is 32.1. The lowest BCUT2D eigenvalue weighted by atomic mass is 10.1. The van der Waals surface area contributed by atoms with E-state index >= 15 is 0 Å². The predicted octanol–water partition coefficient (Wildman–Crippen LogP) is 2.63. The number of aromatic nitrogens is 1. The van der Waals surface area contributed by atoms with Crippen LogP contribution in [0.5, 0.6) is 0 Å². The maximum absolute atomic E-state index is 12.8. The first-order chi connectivity index (χ1) is 16.3. The third kappa shape index (κ3) is 6.52. The molecule has 1 saturated heterocycles. The molecule has 0 aromatic carbocycles. The molecule has 3 heterocycles. The van der Waals surface area contributed by atoms with Crippen LogP contribution in [0.2, 0.25) is 0 Å². The molecule has 2 aromatic rings. The van der Waals surface area contributed by atoms with Gasteiger partial charge in [-0.2, -0.15) is 0 Å². The normalized spacial score (nSPS) is 14.6. The SMILES string of the molecule is C=CCOC(=O)c1sc(NC(=O)CN2CCN(Cc3cc(C)on3)CC2)c(C(=O)OCC)c1C. The lowest BCUT2D eigenvalue weighted by molar-refractivity contribution is -0.117. The van der Waals surface area contributed by atoms with Gasteiger partial charge in [0.2, 0.25) is 5.91 Å². The highest BCUT2D eigenvalue weighted by molar-refractivity contribution is 7.18. The second kappa shape index (κ2) is 11.9. The van der Waals surface area contributed by atoms with Crippen molar-refractivity contribution in [3.8, 4) is 0 Å². The Morgan fingerprint density at radius 3 is 2.50 bits per heavy atom. The lowest BCUT2D eigenvalue weighted by Gasteiger charge is -2.33. The summed E-state index contributed by atoms with van der Waals surface area (Å²) >= 11 is 1.01. The number of esters is 2. The molecule has 0 saturated carbocycles. The number of nitrogens with zero attached hydrogens (tertiary/aromatic N) is 3. The zero-order valence-corrected chi connectivity index (χ0v) is 20.5. The first kappa shape index (κ1) is 25.6. The minimum atomic E-state index is -0.592. The molecule has 1 fully saturated rings. The highest BCUT2D eigenvalue weighted by Crippen LogP contribution is 2.34. The van der Waals surface area contributed by atoms with Gasteiger partial charge in [0.1, 0.15) is 22.2 Å². The van der Waals surface area contributed by atoms with Crippen LogP contribution in [0, 0.1) is 13.8 Å². The van der Waals surface area contributed by atoms with Crippen molar-refractivity contribution in [3.05, 3.63) is 46.2 Å². The Labute approximate surface area is 202 Å². The summed E-state index contributed by atoms with van der Waals surface area (Å²) in [6.07, 6.45) is 1.46. The van der Waals surface area contributed by atoms with Crippen molar-refractivity contribution in [3.63, 3.8) is 0 Å². The zero-order chi connectivity index (χ0) is 24.7. The van der Waals surface area contributed by atoms with Gasteiger partial charge in [-0.1, -0.05) is 17.8 Å². The van der Waals surface area contributed by atoms with Gasteiger partial charge in [0, 0.05) is 38.8 Å². The number of ether oxygens (including phenoxy) is 2. The number of thiophene rings is 1. The molecule has 0 radical (unpaired) electrons. The molecule has 2 aromatic heterocycles.